The fourth-order valence-corrected chi connectivity index (χ4v) is 8.89. The molecule has 0 aromatic heterocycles. The topological polar surface area (TPSA) is 97.0 Å². The monoisotopic (exact) mass is 653 g/mol. The second-order valence-corrected chi connectivity index (χ2v) is 16.1. The molecule has 6 atom stereocenters. The smallest absolute Gasteiger partial charge is 0.319 e. The van der Waals surface area contributed by atoms with Crippen LogP contribution >= 0.6 is 11.6 Å². The molecular weight excluding hydrogens is 610 g/mol. The molecule has 8 nitrogen and oxygen atoms in total. The number of aryl methyl sites for hydroxylation is 1. The molecule has 0 saturated heterocycles. The minimum Gasteiger partial charge on any atom is -0.490 e. The van der Waals surface area contributed by atoms with E-state index in [9.17, 15) is 13.8 Å². The van der Waals surface area contributed by atoms with Crippen molar-refractivity contribution in [3.8, 4) is 5.75 Å². The first-order chi connectivity index (χ1) is 21.6. The third kappa shape index (κ3) is 6.62. The molecule has 0 radical (unpaired) electrons. The second-order valence-electron chi connectivity index (χ2n) is 13.2. The van der Waals surface area contributed by atoms with Crippen LogP contribution in [0.1, 0.15) is 66.9 Å². The first kappa shape index (κ1) is 32.0. The fourth-order valence-electron chi connectivity index (χ4n) is 7.55. The molecule has 2 aliphatic heterocycles. The molecular formula is C35H44ClN3O5S. The van der Waals surface area contributed by atoms with E-state index in [1.54, 1.807) is 6.07 Å². The van der Waals surface area contributed by atoms with Gasteiger partial charge in [-0.15, -0.1) is 0 Å². The van der Waals surface area contributed by atoms with Crippen molar-refractivity contribution >= 4 is 44.7 Å². The molecule has 1 amide bonds. The standard InChI is InChI=1S/C35H44ClN3O5S/c1-23-7-4-5-9-30(37-19-33(40)43-2)28-13-10-26(28)20-39-21-35(16-6-8-24-17-27(36)12-14-29(24)35)22-44-32-15-11-25(18-31(32)39)34(41)38-45(23,3)42/h5,9,11-12,14-15,17-18,23,26,28,30,37H,3-4,6-8,10,13,16,19-22H2,1-2H3,(H,38,41,42)/b9-5+/t23-,26+,28-,30+,35+,45?/m1/s1. The molecule has 242 valence electrons. The van der Waals surface area contributed by atoms with Crippen molar-refractivity contribution in [1.29, 1.82) is 0 Å². The Kier molecular flexibility index (Phi) is 9.24. The van der Waals surface area contributed by atoms with Gasteiger partial charge in [0.25, 0.3) is 5.91 Å². The third-order valence-corrected chi connectivity index (χ3v) is 12.7. The maximum absolute atomic E-state index is 13.6. The van der Waals surface area contributed by atoms with Crippen LogP contribution in [0.25, 0.3) is 0 Å². The molecule has 2 aromatic rings. The van der Waals surface area contributed by atoms with Gasteiger partial charge in [-0.1, -0.05) is 29.8 Å². The van der Waals surface area contributed by atoms with Gasteiger partial charge in [0.15, 0.2) is 0 Å². The summed E-state index contributed by atoms with van der Waals surface area (Å²) in [6.07, 6.45) is 10.7. The zero-order valence-electron chi connectivity index (χ0n) is 26.2. The summed E-state index contributed by atoms with van der Waals surface area (Å²) in [5.74, 6) is 4.67. The number of esters is 1. The van der Waals surface area contributed by atoms with Crippen LogP contribution in [0.3, 0.4) is 0 Å². The lowest BCUT2D eigenvalue weighted by Gasteiger charge is -2.46. The highest BCUT2D eigenvalue weighted by atomic mass is 35.5. The maximum Gasteiger partial charge on any atom is 0.319 e. The van der Waals surface area contributed by atoms with Gasteiger partial charge in [0.05, 0.1) is 35.7 Å². The minimum absolute atomic E-state index is 0.00425. The van der Waals surface area contributed by atoms with Crippen molar-refractivity contribution in [3.05, 3.63) is 70.3 Å². The number of methoxy groups -OCH3 is 1. The Bertz CT molecular complexity index is 1590. The first-order valence-corrected chi connectivity index (χ1v) is 18.2. The summed E-state index contributed by atoms with van der Waals surface area (Å²) in [4.78, 5) is 28.0. The highest BCUT2D eigenvalue weighted by molar-refractivity contribution is 7.99. The van der Waals surface area contributed by atoms with E-state index in [1.165, 1.54) is 18.2 Å². The molecule has 6 rings (SSSR count). The number of ether oxygens (including phenoxy) is 2. The predicted octanol–water partition coefficient (Wildman–Crippen LogP) is 5.07. The number of hydrogen-bond acceptors (Lipinski definition) is 7. The number of fused-ring (bicyclic) bond motifs is 4. The van der Waals surface area contributed by atoms with E-state index in [1.807, 2.05) is 25.1 Å². The molecule has 4 aliphatic rings. The summed E-state index contributed by atoms with van der Waals surface area (Å²) < 4.78 is 27.8. The molecule has 45 heavy (non-hydrogen) atoms. The lowest BCUT2D eigenvalue weighted by atomic mass is 9.68. The number of halogens is 1. The van der Waals surface area contributed by atoms with Crippen molar-refractivity contribution in [2.75, 3.05) is 38.3 Å². The highest BCUT2D eigenvalue weighted by Gasteiger charge is 2.44. The van der Waals surface area contributed by atoms with Crippen molar-refractivity contribution in [2.24, 2.45) is 11.8 Å². The normalized spacial score (nSPS) is 32.2. The van der Waals surface area contributed by atoms with Crippen LogP contribution in [0.4, 0.5) is 5.69 Å². The molecule has 2 aliphatic carbocycles. The van der Waals surface area contributed by atoms with Gasteiger partial charge in [-0.3, -0.25) is 14.3 Å². The molecule has 10 heteroatoms. The Hall–Kier alpha value is -3.01. The van der Waals surface area contributed by atoms with Gasteiger partial charge in [-0.25, -0.2) is 4.21 Å². The third-order valence-electron chi connectivity index (χ3n) is 10.4. The molecule has 1 unspecified atom stereocenters. The number of amides is 1. The quantitative estimate of drug-likeness (QED) is 0.271. The molecule has 2 heterocycles. The SMILES string of the molecule is C=S1(=O)NC(=O)c2ccc3c(c2)N(C[C@@H]2CC[C@H]2[C@@H](NCC(=O)OC)/C=C/CC[C@H]1C)C[C@@]1(CCCc2cc(Cl)ccc21)CO3. The molecule has 2 N–H and O–H groups in total. The molecule has 2 aromatic carbocycles. The van der Waals surface area contributed by atoms with E-state index in [4.69, 9.17) is 21.1 Å². The summed E-state index contributed by atoms with van der Waals surface area (Å²) in [5.41, 5.74) is 3.63. The van der Waals surface area contributed by atoms with Crippen LogP contribution in [0.5, 0.6) is 5.75 Å². The number of nitrogens with zero attached hydrogens (tertiary/aromatic N) is 1. The van der Waals surface area contributed by atoms with Gasteiger partial charge < -0.3 is 19.7 Å². The predicted molar refractivity (Wildman–Crippen MR) is 181 cm³/mol. The average Bonchev–Trinajstić information content (AvgIpc) is 3.15. The number of benzene rings is 2. The number of carbonyl (C=O) groups is 2. The van der Waals surface area contributed by atoms with E-state index >= 15 is 0 Å². The number of carbonyl (C=O) groups excluding carboxylic acids is 2. The van der Waals surface area contributed by atoms with Gasteiger partial charge in [0.2, 0.25) is 0 Å². The summed E-state index contributed by atoms with van der Waals surface area (Å²) in [6.45, 7) is 4.05. The Labute approximate surface area is 272 Å². The van der Waals surface area contributed by atoms with Crippen LogP contribution in [0.2, 0.25) is 5.02 Å². The highest BCUT2D eigenvalue weighted by Crippen LogP contribution is 2.46. The van der Waals surface area contributed by atoms with E-state index in [0.717, 1.165) is 61.7 Å². The Morgan fingerprint density at radius 1 is 1.24 bits per heavy atom. The van der Waals surface area contributed by atoms with Gasteiger partial charge in [-0.2, -0.15) is 0 Å². The second kappa shape index (κ2) is 13.0. The van der Waals surface area contributed by atoms with Crippen molar-refractivity contribution < 1.29 is 23.3 Å². The molecule has 1 fully saturated rings. The average molecular weight is 654 g/mol. The number of anilines is 1. The van der Waals surface area contributed by atoms with E-state index in [2.05, 4.69) is 45.1 Å². The lowest BCUT2D eigenvalue weighted by Crippen LogP contribution is -2.51. The van der Waals surface area contributed by atoms with Crippen molar-refractivity contribution in [2.45, 2.75) is 68.6 Å². The van der Waals surface area contributed by atoms with Gasteiger partial charge in [-0.05, 0) is 111 Å². The van der Waals surface area contributed by atoms with Crippen LogP contribution in [0, 0.1) is 11.8 Å². The summed E-state index contributed by atoms with van der Waals surface area (Å²) in [7, 11) is -1.50. The van der Waals surface area contributed by atoms with Crippen molar-refractivity contribution in [3.63, 3.8) is 0 Å². The van der Waals surface area contributed by atoms with E-state index in [0.29, 0.717) is 36.8 Å². The van der Waals surface area contributed by atoms with Crippen molar-refractivity contribution in [1.82, 2.24) is 10.0 Å². The first-order valence-electron chi connectivity index (χ1n) is 16.0. The maximum atomic E-state index is 13.6. The van der Waals surface area contributed by atoms with Gasteiger partial charge >= 0.3 is 5.97 Å². The van der Waals surface area contributed by atoms with Crippen LogP contribution in [0.15, 0.2) is 48.6 Å². The Balaban J connectivity index is 1.40. The zero-order valence-corrected chi connectivity index (χ0v) is 27.8. The van der Waals surface area contributed by atoms with E-state index < -0.39 is 15.6 Å². The van der Waals surface area contributed by atoms with Gasteiger partial charge in [0.1, 0.15) is 5.75 Å². The van der Waals surface area contributed by atoms with Crippen LogP contribution in [-0.4, -0.2) is 66.6 Å². The largest absolute Gasteiger partial charge is 0.490 e. The fraction of sp³-hybridized carbons (Fsp3) is 0.514. The number of hydrogen-bond donors (Lipinski definition) is 2. The number of rotatable bonds is 3. The van der Waals surface area contributed by atoms with Gasteiger partial charge in [0, 0.05) is 40.4 Å². The summed E-state index contributed by atoms with van der Waals surface area (Å²) in [5, 5.41) is 3.87. The molecule has 2 bridgehead atoms. The zero-order chi connectivity index (χ0) is 31.8. The van der Waals surface area contributed by atoms with E-state index in [-0.39, 0.29) is 29.2 Å². The molecule has 1 spiro atoms. The minimum atomic E-state index is -2.90. The van der Waals surface area contributed by atoms with Crippen LogP contribution < -0.4 is 19.7 Å². The Morgan fingerprint density at radius 2 is 2.09 bits per heavy atom. The number of allylic oxidation sites excluding steroid dienone is 1. The number of nitrogens with one attached hydrogen (secondary N) is 2. The Morgan fingerprint density at radius 3 is 2.87 bits per heavy atom. The lowest BCUT2D eigenvalue weighted by molar-refractivity contribution is -0.139. The summed E-state index contributed by atoms with van der Waals surface area (Å²) in [6, 6.07) is 11.8. The molecule has 1 saturated carbocycles. The van der Waals surface area contributed by atoms with Crippen LogP contribution in [-0.2, 0) is 31.1 Å². The summed E-state index contributed by atoms with van der Waals surface area (Å²) >= 11 is 6.43.